The summed E-state index contributed by atoms with van der Waals surface area (Å²) in [5.74, 6) is -0.318. The molecule has 0 bridgehead atoms. The maximum atomic E-state index is 12.3. The maximum absolute atomic E-state index is 12.3. The second kappa shape index (κ2) is 6.26. The Labute approximate surface area is 123 Å². The summed E-state index contributed by atoms with van der Waals surface area (Å²) in [6.45, 7) is 3.96. The minimum atomic E-state index is -0.433. The van der Waals surface area contributed by atoms with Crippen molar-refractivity contribution < 1.29 is 9.53 Å². The van der Waals surface area contributed by atoms with Gasteiger partial charge in [-0.3, -0.25) is 15.5 Å². The van der Waals surface area contributed by atoms with E-state index in [1.807, 2.05) is 44.2 Å². The molecule has 5 heteroatoms. The van der Waals surface area contributed by atoms with Gasteiger partial charge in [0.25, 0.3) is 5.91 Å². The molecule has 0 fully saturated rings. The van der Waals surface area contributed by atoms with Crippen LogP contribution < -0.4 is 15.8 Å². The van der Waals surface area contributed by atoms with Crippen molar-refractivity contribution in [1.82, 2.24) is 5.32 Å². The van der Waals surface area contributed by atoms with Gasteiger partial charge in [0.2, 0.25) is 0 Å². The Bertz CT molecular complexity index is 682. The molecule has 1 atom stereocenters. The Balaban J connectivity index is 2.56. The zero-order chi connectivity index (χ0) is 15.4. The molecule has 0 saturated heterocycles. The second-order valence-corrected chi connectivity index (χ2v) is 4.86. The smallest absolute Gasteiger partial charge is 0.262 e. The molecular weight excluding hydrogens is 266 g/mol. The maximum Gasteiger partial charge on any atom is 0.262 e. The first-order valence-electron chi connectivity index (χ1n) is 6.86. The first-order valence-corrected chi connectivity index (χ1v) is 6.86. The van der Waals surface area contributed by atoms with E-state index < -0.39 is 5.91 Å². The molecule has 2 aromatic carbocycles. The molecule has 21 heavy (non-hydrogen) atoms. The number of amides is 1. The quantitative estimate of drug-likeness (QED) is 0.596. The lowest BCUT2D eigenvalue weighted by Gasteiger charge is -2.17. The van der Waals surface area contributed by atoms with Gasteiger partial charge in [0.1, 0.15) is 5.75 Å². The molecule has 0 spiro atoms. The first kappa shape index (κ1) is 14.8. The van der Waals surface area contributed by atoms with Crippen LogP contribution in [0.3, 0.4) is 0 Å². The molecule has 1 unspecified atom stereocenters. The highest BCUT2D eigenvalue weighted by Gasteiger charge is 2.18. The summed E-state index contributed by atoms with van der Waals surface area (Å²) in [5, 5.41) is 11.3. The molecule has 0 aliphatic heterocycles. The Morgan fingerprint density at radius 2 is 2.05 bits per heavy atom. The summed E-state index contributed by atoms with van der Waals surface area (Å²) in [4.78, 5) is 12.3. The fourth-order valence-electron chi connectivity index (χ4n) is 2.07. The van der Waals surface area contributed by atoms with Gasteiger partial charge in [-0.2, -0.15) is 0 Å². The average molecular weight is 285 g/mol. The van der Waals surface area contributed by atoms with E-state index >= 15 is 0 Å². The Morgan fingerprint density at radius 3 is 2.71 bits per heavy atom. The molecule has 2 rings (SSSR count). The minimum Gasteiger partial charge on any atom is -0.490 e. The predicted octanol–water partition coefficient (Wildman–Crippen LogP) is 2.64. The van der Waals surface area contributed by atoms with Crippen molar-refractivity contribution in [3.8, 4) is 5.75 Å². The summed E-state index contributed by atoms with van der Waals surface area (Å²) in [6, 6.07) is 11.2. The van der Waals surface area contributed by atoms with Crippen LogP contribution >= 0.6 is 0 Å². The van der Waals surface area contributed by atoms with Gasteiger partial charge in [0, 0.05) is 0 Å². The predicted molar refractivity (Wildman–Crippen MR) is 83.7 cm³/mol. The SMILES string of the molecule is CCC(C)Oc1ccc2ccccc2c1C(=O)NC(=N)N. The van der Waals surface area contributed by atoms with E-state index in [0.29, 0.717) is 11.3 Å². The van der Waals surface area contributed by atoms with E-state index in [4.69, 9.17) is 15.9 Å². The average Bonchev–Trinajstić information content (AvgIpc) is 2.45. The van der Waals surface area contributed by atoms with E-state index in [0.717, 1.165) is 17.2 Å². The standard InChI is InChI=1S/C16H19N3O2/c1-3-10(2)21-13-9-8-11-6-4-5-7-12(11)14(13)15(20)19-16(17)18/h4-10H,3H2,1-2H3,(H4,17,18,19,20). The number of benzene rings is 2. The number of nitrogens with one attached hydrogen (secondary N) is 2. The number of carbonyl (C=O) groups is 1. The zero-order valence-electron chi connectivity index (χ0n) is 12.1. The molecule has 0 radical (unpaired) electrons. The van der Waals surface area contributed by atoms with Gasteiger partial charge >= 0.3 is 0 Å². The Kier molecular flexibility index (Phi) is 4.42. The molecule has 4 N–H and O–H groups in total. The van der Waals surface area contributed by atoms with Crippen molar-refractivity contribution in [2.24, 2.45) is 5.73 Å². The van der Waals surface area contributed by atoms with Gasteiger partial charge in [-0.25, -0.2) is 0 Å². The van der Waals surface area contributed by atoms with Crippen molar-refractivity contribution in [1.29, 1.82) is 5.41 Å². The monoisotopic (exact) mass is 285 g/mol. The number of hydrogen-bond acceptors (Lipinski definition) is 3. The lowest BCUT2D eigenvalue weighted by molar-refractivity contribution is 0.0971. The van der Waals surface area contributed by atoms with Crippen molar-refractivity contribution in [3.63, 3.8) is 0 Å². The second-order valence-electron chi connectivity index (χ2n) is 4.86. The number of hydrogen-bond donors (Lipinski definition) is 3. The molecule has 0 saturated carbocycles. The third-order valence-electron chi connectivity index (χ3n) is 3.27. The lowest BCUT2D eigenvalue weighted by atomic mass is 10.0. The minimum absolute atomic E-state index is 0.00459. The fraction of sp³-hybridized carbons (Fsp3) is 0.250. The number of fused-ring (bicyclic) bond motifs is 1. The number of carbonyl (C=O) groups excluding carboxylic acids is 1. The van der Waals surface area contributed by atoms with Crippen molar-refractivity contribution in [2.45, 2.75) is 26.4 Å². The van der Waals surface area contributed by atoms with Crippen LogP contribution in [0.2, 0.25) is 0 Å². The highest BCUT2D eigenvalue weighted by Crippen LogP contribution is 2.29. The molecule has 0 heterocycles. The van der Waals surface area contributed by atoms with Crippen molar-refractivity contribution in [2.75, 3.05) is 0 Å². The third-order valence-corrected chi connectivity index (χ3v) is 3.27. The Hall–Kier alpha value is -2.56. The van der Waals surface area contributed by atoms with Crippen LogP contribution in [0.1, 0.15) is 30.6 Å². The Morgan fingerprint density at radius 1 is 1.33 bits per heavy atom. The van der Waals surface area contributed by atoms with Crippen molar-refractivity contribution in [3.05, 3.63) is 42.0 Å². The van der Waals surface area contributed by atoms with E-state index in [9.17, 15) is 4.79 Å². The third kappa shape index (κ3) is 3.31. The normalized spacial score (nSPS) is 11.9. The molecular formula is C16H19N3O2. The molecule has 1 amide bonds. The fourth-order valence-corrected chi connectivity index (χ4v) is 2.07. The number of ether oxygens (including phenoxy) is 1. The highest BCUT2D eigenvalue weighted by molar-refractivity contribution is 6.14. The van der Waals surface area contributed by atoms with Crippen LogP contribution in [0.25, 0.3) is 10.8 Å². The van der Waals surface area contributed by atoms with Gasteiger partial charge in [0.05, 0.1) is 11.7 Å². The van der Waals surface area contributed by atoms with E-state index in [2.05, 4.69) is 5.32 Å². The molecule has 0 aromatic heterocycles. The van der Waals surface area contributed by atoms with Gasteiger partial charge in [0.15, 0.2) is 5.96 Å². The topological polar surface area (TPSA) is 88.2 Å². The van der Waals surface area contributed by atoms with Gasteiger partial charge in [-0.05, 0) is 30.2 Å². The van der Waals surface area contributed by atoms with Crippen LogP contribution in [0.5, 0.6) is 5.75 Å². The van der Waals surface area contributed by atoms with Gasteiger partial charge in [-0.1, -0.05) is 37.3 Å². The number of guanidine groups is 1. The zero-order valence-corrected chi connectivity index (χ0v) is 12.1. The summed E-state index contributed by atoms with van der Waals surface area (Å²) >= 11 is 0. The van der Waals surface area contributed by atoms with Crippen molar-refractivity contribution >= 4 is 22.6 Å². The number of nitrogens with two attached hydrogens (primary N) is 1. The largest absolute Gasteiger partial charge is 0.490 e. The molecule has 0 aliphatic rings. The molecule has 2 aromatic rings. The summed E-state index contributed by atoms with van der Waals surface area (Å²) in [5.41, 5.74) is 5.67. The van der Waals surface area contributed by atoms with Crippen LogP contribution in [-0.4, -0.2) is 18.0 Å². The summed E-state index contributed by atoms with van der Waals surface area (Å²) in [6.07, 6.45) is 0.829. The van der Waals surface area contributed by atoms with Gasteiger partial charge in [-0.15, -0.1) is 0 Å². The van der Waals surface area contributed by atoms with Crippen LogP contribution in [0.15, 0.2) is 36.4 Å². The van der Waals surface area contributed by atoms with Crippen LogP contribution in [0.4, 0.5) is 0 Å². The van der Waals surface area contributed by atoms with Gasteiger partial charge < -0.3 is 10.5 Å². The van der Waals surface area contributed by atoms with Crippen LogP contribution in [0, 0.1) is 5.41 Å². The summed E-state index contributed by atoms with van der Waals surface area (Å²) < 4.78 is 5.83. The van der Waals surface area contributed by atoms with E-state index in [1.165, 1.54) is 0 Å². The molecule has 0 aliphatic carbocycles. The summed E-state index contributed by atoms with van der Waals surface area (Å²) in [7, 11) is 0. The highest BCUT2D eigenvalue weighted by atomic mass is 16.5. The van der Waals surface area contributed by atoms with Crippen LogP contribution in [-0.2, 0) is 0 Å². The molecule has 5 nitrogen and oxygen atoms in total. The van der Waals surface area contributed by atoms with E-state index in [-0.39, 0.29) is 12.1 Å². The first-order chi connectivity index (χ1) is 10.0. The molecule has 110 valence electrons. The lowest BCUT2D eigenvalue weighted by Crippen LogP contribution is -2.36. The number of rotatable bonds is 4. The van der Waals surface area contributed by atoms with E-state index in [1.54, 1.807) is 6.07 Å².